The second kappa shape index (κ2) is 7.02. The summed E-state index contributed by atoms with van der Waals surface area (Å²) in [5.74, 6) is -3.66. The first kappa shape index (κ1) is 18.3. The summed E-state index contributed by atoms with van der Waals surface area (Å²) in [5, 5.41) is 3.50. The third-order valence-electron chi connectivity index (χ3n) is 5.24. The first-order valence-corrected chi connectivity index (χ1v) is 9.53. The van der Waals surface area contributed by atoms with Crippen LogP contribution in [0.1, 0.15) is 51.5 Å². The van der Waals surface area contributed by atoms with Crippen molar-refractivity contribution in [1.82, 2.24) is 10.3 Å². The Morgan fingerprint density at radius 2 is 2.08 bits per heavy atom. The number of halogens is 2. The maximum absolute atomic E-state index is 15.0. The van der Waals surface area contributed by atoms with E-state index in [-0.39, 0.29) is 11.6 Å². The number of aliphatic imine (C=N–C) groups is 1. The predicted octanol–water partition coefficient (Wildman–Crippen LogP) is 4.12. The highest BCUT2D eigenvalue weighted by Gasteiger charge is 2.61. The van der Waals surface area contributed by atoms with Gasteiger partial charge in [0.1, 0.15) is 0 Å². The van der Waals surface area contributed by atoms with E-state index in [1.165, 1.54) is 44.5 Å². The fourth-order valence-electron chi connectivity index (χ4n) is 3.49. The van der Waals surface area contributed by atoms with Crippen LogP contribution in [-0.2, 0) is 10.7 Å². The monoisotopic (exact) mass is 367 g/mol. The van der Waals surface area contributed by atoms with Crippen LogP contribution >= 0.6 is 11.8 Å². The van der Waals surface area contributed by atoms with Gasteiger partial charge in [-0.25, -0.2) is 0 Å². The molecule has 3 rings (SSSR count). The molecular formula is C18H23F2N3OS. The Balaban J connectivity index is 1.73. The minimum absolute atomic E-state index is 0.119. The summed E-state index contributed by atoms with van der Waals surface area (Å²) in [6.07, 6.45) is 8.45. The first-order chi connectivity index (χ1) is 11.8. The number of carbonyl (C=O) groups is 1. The number of hydrogen-bond acceptors (Lipinski definition) is 4. The largest absolute Gasteiger partial charge is 0.362 e. The average Bonchev–Trinajstić information content (AvgIpc) is 2.91. The third kappa shape index (κ3) is 3.43. The predicted molar refractivity (Wildman–Crippen MR) is 95.7 cm³/mol. The second-order valence-corrected chi connectivity index (χ2v) is 8.41. The van der Waals surface area contributed by atoms with Gasteiger partial charge in [0.15, 0.2) is 9.91 Å². The number of thioether (sulfide) groups is 1. The van der Waals surface area contributed by atoms with Gasteiger partial charge >= 0.3 is 0 Å². The molecule has 0 aromatic carbocycles. The summed E-state index contributed by atoms with van der Waals surface area (Å²) < 4.78 is 28.0. The summed E-state index contributed by atoms with van der Waals surface area (Å²) in [6, 6.07) is 2.86. The average molecular weight is 367 g/mol. The molecule has 2 aliphatic rings. The van der Waals surface area contributed by atoms with Crippen LogP contribution < -0.4 is 5.32 Å². The van der Waals surface area contributed by atoms with Gasteiger partial charge in [-0.05, 0) is 44.7 Å². The van der Waals surface area contributed by atoms with Crippen molar-refractivity contribution in [2.24, 2.45) is 10.9 Å². The highest BCUT2D eigenvalue weighted by atomic mass is 32.2. The van der Waals surface area contributed by atoms with Gasteiger partial charge in [0.2, 0.25) is 0 Å². The van der Waals surface area contributed by atoms with E-state index >= 15 is 0 Å². The Labute approximate surface area is 150 Å². The lowest BCUT2D eigenvalue weighted by molar-refractivity contribution is -0.130. The molecule has 0 radical (unpaired) electrons. The first-order valence-electron chi connectivity index (χ1n) is 8.71. The molecule has 25 heavy (non-hydrogen) atoms. The number of amidine groups is 1. The van der Waals surface area contributed by atoms with Crippen molar-refractivity contribution in [2.45, 2.75) is 62.7 Å². The topological polar surface area (TPSA) is 54.4 Å². The van der Waals surface area contributed by atoms with Crippen LogP contribution in [0.15, 0.2) is 29.5 Å². The van der Waals surface area contributed by atoms with Gasteiger partial charge in [-0.15, -0.1) is 0 Å². The Morgan fingerprint density at radius 1 is 1.36 bits per heavy atom. The van der Waals surface area contributed by atoms with E-state index in [9.17, 15) is 13.6 Å². The lowest BCUT2D eigenvalue weighted by atomic mass is 9.85. The molecule has 1 unspecified atom stereocenters. The second-order valence-electron chi connectivity index (χ2n) is 7.00. The van der Waals surface area contributed by atoms with Crippen LogP contribution in [0.25, 0.3) is 0 Å². The van der Waals surface area contributed by atoms with E-state index in [0.717, 1.165) is 30.8 Å². The van der Waals surface area contributed by atoms with Crippen LogP contribution in [0.2, 0.25) is 0 Å². The summed E-state index contributed by atoms with van der Waals surface area (Å²) >= 11 is 0.827. The number of nitrogens with one attached hydrogen (secondary N) is 1. The van der Waals surface area contributed by atoms with Crippen LogP contribution in [0.5, 0.6) is 0 Å². The van der Waals surface area contributed by atoms with Gasteiger partial charge in [-0.3, -0.25) is 9.78 Å². The molecule has 1 aromatic heterocycles. The molecule has 1 amide bonds. The van der Waals surface area contributed by atoms with Crippen LogP contribution in [0.3, 0.4) is 0 Å². The number of alkyl halides is 2. The smallest absolute Gasteiger partial charge is 0.298 e. The summed E-state index contributed by atoms with van der Waals surface area (Å²) in [6.45, 7) is 3.30. The van der Waals surface area contributed by atoms with Crippen LogP contribution in [0.4, 0.5) is 8.78 Å². The molecule has 1 aromatic rings. The molecule has 1 aliphatic carbocycles. The van der Waals surface area contributed by atoms with Crippen molar-refractivity contribution in [3.8, 4) is 0 Å². The molecule has 1 fully saturated rings. The lowest BCUT2D eigenvalue weighted by Gasteiger charge is -2.31. The molecule has 2 atom stereocenters. The Morgan fingerprint density at radius 3 is 2.72 bits per heavy atom. The standard InChI is InChI=1S/C18H23F2N3OS/c1-12(13-7-4-3-5-8-13)22-16-23-15(24)17(2,25-16)18(19,20)14-9-6-10-21-11-14/h6,9-13H,3-5,7-8H2,1-2H3,(H,22,23,24)/t12-,17?/m0/s1. The lowest BCUT2D eigenvalue weighted by Crippen LogP contribution is -2.45. The molecule has 1 saturated carbocycles. The zero-order chi connectivity index (χ0) is 18.1. The Kier molecular flexibility index (Phi) is 5.14. The van der Waals surface area contributed by atoms with E-state index in [0.29, 0.717) is 11.1 Å². The number of nitrogens with zero attached hydrogens (tertiary/aromatic N) is 2. The van der Waals surface area contributed by atoms with Gasteiger partial charge < -0.3 is 5.32 Å². The van der Waals surface area contributed by atoms with Gasteiger partial charge in [0.05, 0.1) is 0 Å². The number of amides is 1. The molecule has 0 spiro atoms. The quantitative estimate of drug-likeness (QED) is 0.870. The summed E-state index contributed by atoms with van der Waals surface area (Å²) in [4.78, 5) is 20.0. The van der Waals surface area contributed by atoms with Crippen molar-refractivity contribution < 1.29 is 13.6 Å². The zero-order valence-corrected chi connectivity index (χ0v) is 15.3. The van der Waals surface area contributed by atoms with Gasteiger partial charge in [0.25, 0.3) is 11.8 Å². The van der Waals surface area contributed by atoms with E-state index in [4.69, 9.17) is 0 Å². The molecule has 0 bridgehead atoms. The maximum atomic E-state index is 15.0. The highest BCUT2D eigenvalue weighted by molar-refractivity contribution is 8.16. The number of hydrogen-bond donors (Lipinski definition) is 1. The number of aromatic nitrogens is 1. The number of rotatable bonds is 4. The molecule has 0 saturated heterocycles. The SMILES string of the molecule is C[C@H](NC1=NC(=O)C(C)(C(F)(F)c2cccnc2)S1)C1CCCCC1. The normalized spacial score (nSPS) is 26.4. The maximum Gasteiger partial charge on any atom is 0.298 e. The number of pyridine rings is 1. The molecular weight excluding hydrogens is 344 g/mol. The van der Waals surface area contributed by atoms with Gasteiger partial charge in [-0.1, -0.05) is 31.0 Å². The fraction of sp³-hybridized carbons (Fsp3) is 0.611. The van der Waals surface area contributed by atoms with Crippen LogP contribution in [-0.4, -0.2) is 26.8 Å². The highest BCUT2D eigenvalue weighted by Crippen LogP contribution is 2.50. The molecule has 7 heteroatoms. The number of carbonyl (C=O) groups excluding carboxylic acids is 1. The third-order valence-corrected chi connectivity index (χ3v) is 6.49. The van der Waals surface area contributed by atoms with E-state index in [1.54, 1.807) is 0 Å². The van der Waals surface area contributed by atoms with Crippen molar-refractivity contribution in [2.75, 3.05) is 0 Å². The van der Waals surface area contributed by atoms with Crippen LogP contribution in [0, 0.1) is 5.92 Å². The van der Waals surface area contributed by atoms with E-state index < -0.39 is 16.6 Å². The minimum Gasteiger partial charge on any atom is -0.362 e. The summed E-state index contributed by atoms with van der Waals surface area (Å²) in [7, 11) is 0. The van der Waals surface area contributed by atoms with Crippen molar-refractivity contribution >= 4 is 22.8 Å². The Bertz CT molecular complexity index is 662. The minimum atomic E-state index is -3.36. The molecule has 1 aliphatic heterocycles. The summed E-state index contributed by atoms with van der Waals surface area (Å²) in [5.41, 5.74) is -0.268. The van der Waals surface area contributed by atoms with E-state index in [2.05, 4.69) is 15.3 Å². The van der Waals surface area contributed by atoms with Gasteiger partial charge in [0, 0.05) is 24.0 Å². The Hall–Kier alpha value is -1.50. The molecule has 1 N–H and O–H groups in total. The van der Waals surface area contributed by atoms with E-state index in [1.807, 2.05) is 6.92 Å². The molecule has 4 nitrogen and oxygen atoms in total. The molecule has 2 heterocycles. The van der Waals surface area contributed by atoms with Crippen molar-refractivity contribution in [3.63, 3.8) is 0 Å². The zero-order valence-electron chi connectivity index (χ0n) is 14.5. The van der Waals surface area contributed by atoms with Crippen molar-refractivity contribution in [3.05, 3.63) is 30.1 Å². The van der Waals surface area contributed by atoms with Gasteiger partial charge in [-0.2, -0.15) is 13.8 Å². The molecule has 136 valence electrons. The van der Waals surface area contributed by atoms with Crippen molar-refractivity contribution in [1.29, 1.82) is 0 Å². The fourth-order valence-corrected chi connectivity index (χ4v) is 4.63.